The molecule has 0 saturated heterocycles. The van der Waals surface area contributed by atoms with Crippen LogP contribution in [0.1, 0.15) is 42.5 Å². The third-order valence-corrected chi connectivity index (χ3v) is 4.18. The molecule has 0 aliphatic heterocycles. The molecule has 0 unspecified atom stereocenters. The van der Waals surface area contributed by atoms with Crippen molar-refractivity contribution in [2.75, 3.05) is 30.8 Å². The van der Waals surface area contributed by atoms with Crippen LogP contribution in [-0.2, 0) is 0 Å². The zero-order valence-corrected chi connectivity index (χ0v) is 12.6. The predicted molar refractivity (Wildman–Crippen MR) is 85.5 cm³/mol. The topological polar surface area (TPSA) is 78.6 Å². The second-order valence-corrected chi connectivity index (χ2v) is 5.56. The number of benzene rings is 1. The summed E-state index contributed by atoms with van der Waals surface area (Å²) < 4.78 is 0. The molecule has 1 aromatic rings. The summed E-state index contributed by atoms with van der Waals surface area (Å²) >= 11 is 0. The molecule has 2 rings (SSSR count). The van der Waals surface area contributed by atoms with E-state index in [1.165, 1.54) is 19.3 Å². The van der Waals surface area contributed by atoms with Crippen LogP contribution in [-0.4, -0.2) is 37.3 Å². The summed E-state index contributed by atoms with van der Waals surface area (Å²) in [5, 5.41) is 12.0. The van der Waals surface area contributed by atoms with E-state index >= 15 is 0 Å². The normalized spacial score (nSPS) is 15.7. The summed E-state index contributed by atoms with van der Waals surface area (Å²) in [5.41, 5.74) is 8.22. The van der Waals surface area contributed by atoms with Gasteiger partial charge in [0.25, 0.3) is 5.91 Å². The van der Waals surface area contributed by atoms with E-state index in [0.717, 1.165) is 18.5 Å². The van der Waals surface area contributed by atoms with Crippen LogP contribution < -0.4 is 16.0 Å². The molecule has 1 aromatic carbocycles. The highest BCUT2D eigenvalue weighted by atomic mass is 16.3. The van der Waals surface area contributed by atoms with Crippen molar-refractivity contribution in [2.24, 2.45) is 0 Å². The van der Waals surface area contributed by atoms with Crippen molar-refractivity contribution in [2.45, 2.75) is 38.1 Å². The third kappa shape index (κ3) is 3.67. The van der Waals surface area contributed by atoms with Crippen molar-refractivity contribution in [1.29, 1.82) is 0 Å². The van der Waals surface area contributed by atoms with Gasteiger partial charge in [-0.3, -0.25) is 4.79 Å². The fourth-order valence-electron chi connectivity index (χ4n) is 3.10. The first kappa shape index (κ1) is 15.6. The maximum absolute atomic E-state index is 11.7. The molecule has 1 amide bonds. The maximum atomic E-state index is 11.7. The van der Waals surface area contributed by atoms with E-state index in [2.05, 4.69) is 10.2 Å². The Hall–Kier alpha value is -1.75. The Labute approximate surface area is 126 Å². The van der Waals surface area contributed by atoms with E-state index in [1.54, 1.807) is 19.2 Å². The lowest BCUT2D eigenvalue weighted by Crippen LogP contribution is -2.39. The number of hydrogen-bond acceptors (Lipinski definition) is 4. The number of nitrogen functional groups attached to an aromatic ring is 1. The van der Waals surface area contributed by atoms with Gasteiger partial charge in [-0.25, -0.2) is 0 Å². The smallest absolute Gasteiger partial charge is 0.251 e. The van der Waals surface area contributed by atoms with Gasteiger partial charge in [-0.05, 0) is 31.0 Å². The van der Waals surface area contributed by atoms with E-state index in [-0.39, 0.29) is 12.5 Å². The van der Waals surface area contributed by atoms with E-state index in [1.807, 2.05) is 6.07 Å². The highest BCUT2D eigenvalue weighted by molar-refractivity contribution is 5.96. The van der Waals surface area contributed by atoms with Crippen LogP contribution in [0.5, 0.6) is 0 Å². The number of aliphatic hydroxyl groups excluding tert-OH is 1. The van der Waals surface area contributed by atoms with Gasteiger partial charge in [-0.15, -0.1) is 0 Å². The molecule has 5 nitrogen and oxygen atoms in total. The van der Waals surface area contributed by atoms with E-state index in [4.69, 9.17) is 5.73 Å². The van der Waals surface area contributed by atoms with E-state index in [9.17, 15) is 9.90 Å². The van der Waals surface area contributed by atoms with Gasteiger partial charge in [0.2, 0.25) is 0 Å². The van der Waals surface area contributed by atoms with Crippen molar-refractivity contribution >= 4 is 17.3 Å². The summed E-state index contributed by atoms with van der Waals surface area (Å²) in [5.74, 6) is -0.139. The zero-order valence-electron chi connectivity index (χ0n) is 12.6. The van der Waals surface area contributed by atoms with Crippen LogP contribution in [0.2, 0.25) is 0 Å². The predicted octanol–water partition coefficient (Wildman–Crippen LogP) is 1.76. The summed E-state index contributed by atoms with van der Waals surface area (Å²) in [6.07, 6.45) is 6.01. The summed E-state index contributed by atoms with van der Waals surface area (Å²) in [6, 6.07) is 5.82. The van der Waals surface area contributed by atoms with Gasteiger partial charge in [0.05, 0.1) is 18.0 Å². The highest BCUT2D eigenvalue weighted by Gasteiger charge is 2.22. The monoisotopic (exact) mass is 291 g/mol. The van der Waals surface area contributed by atoms with Crippen molar-refractivity contribution in [3.05, 3.63) is 23.8 Å². The van der Waals surface area contributed by atoms with Crippen molar-refractivity contribution in [1.82, 2.24) is 5.32 Å². The van der Waals surface area contributed by atoms with Crippen LogP contribution in [0, 0.1) is 0 Å². The third-order valence-electron chi connectivity index (χ3n) is 4.18. The molecule has 0 aromatic heterocycles. The number of rotatable bonds is 5. The molecule has 0 spiro atoms. The minimum atomic E-state index is -0.139. The molecule has 5 heteroatoms. The van der Waals surface area contributed by atoms with E-state index < -0.39 is 0 Å². The van der Waals surface area contributed by atoms with Crippen LogP contribution >= 0.6 is 0 Å². The Bertz CT molecular complexity index is 484. The molecule has 1 fully saturated rings. The Morgan fingerprint density at radius 1 is 1.38 bits per heavy atom. The number of carbonyl (C=O) groups excluding carboxylic acids is 1. The zero-order chi connectivity index (χ0) is 15.2. The lowest BCUT2D eigenvalue weighted by Gasteiger charge is -2.36. The SMILES string of the molecule is CNC(=O)c1ccc(N(CCO)C2CCCCC2)c(N)c1. The largest absolute Gasteiger partial charge is 0.397 e. The molecule has 116 valence electrons. The Morgan fingerprint density at radius 2 is 2.10 bits per heavy atom. The first-order valence-electron chi connectivity index (χ1n) is 7.66. The second-order valence-electron chi connectivity index (χ2n) is 5.56. The minimum Gasteiger partial charge on any atom is -0.397 e. The molecule has 21 heavy (non-hydrogen) atoms. The molecule has 1 saturated carbocycles. The molecular formula is C16H25N3O2. The van der Waals surface area contributed by atoms with Crippen molar-refractivity contribution < 1.29 is 9.90 Å². The number of hydrogen-bond donors (Lipinski definition) is 3. The van der Waals surface area contributed by atoms with Gasteiger partial charge < -0.3 is 21.1 Å². The van der Waals surface area contributed by atoms with E-state index in [0.29, 0.717) is 23.8 Å². The average molecular weight is 291 g/mol. The van der Waals surface area contributed by atoms with Gasteiger partial charge in [0.1, 0.15) is 0 Å². The molecule has 4 N–H and O–H groups in total. The van der Waals surface area contributed by atoms with Crippen LogP contribution in [0.3, 0.4) is 0 Å². The molecule has 0 bridgehead atoms. The second kappa shape index (κ2) is 7.31. The molecule has 0 heterocycles. The van der Waals surface area contributed by atoms with Gasteiger partial charge in [-0.1, -0.05) is 19.3 Å². The van der Waals surface area contributed by atoms with Gasteiger partial charge >= 0.3 is 0 Å². The first-order valence-corrected chi connectivity index (χ1v) is 7.66. The van der Waals surface area contributed by atoms with Crippen LogP contribution in [0.25, 0.3) is 0 Å². The fourth-order valence-corrected chi connectivity index (χ4v) is 3.10. The van der Waals surface area contributed by atoms with Gasteiger partial charge in [-0.2, -0.15) is 0 Å². The number of nitrogens with one attached hydrogen (secondary N) is 1. The van der Waals surface area contributed by atoms with Crippen LogP contribution in [0.15, 0.2) is 18.2 Å². The minimum absolute atomic E-state index is 0.104. The molecule has 1 aliphatic rings. The number of nitrogens with two attached hydrogens (primary N) is 1. The lowest BCUT2D eigenvalue weighted by molar-refractivity contribution is 0.0963. The van der Waals surface area contributed by atoms with Gasteiger partial charge in [0.15, 0.2) is 0 Å². The summed E-state index contributed by atoms with van der Waals surface area (Å²) in [4.78, 5) is 13.9. The fraction of sp³-hybridized carbons (Fsp3) is 0.562. The Morgan fingerprint density at radius 3 is 2.67 bits per heavy atom. The lowest BCUT2D eigenvalue weighted by atomic mass is 9.93. The first-order chi connectivity index (χ1) is 10.2. The van der Waals surface area contributed by atoms with Crippen molar-refractivity contribution in [3.8, 4) is 0 Å². The van der Waals surface area contributed by atoms with Crippen LogP contribution in [0.4, 0.5) is 11.4 Å². The average Bonchev–Trinajstić information content (AvgIpc) is 2.53. The molecule has 0 radical (unpaired) electrons. The summed E-state index contributed by atoms with van der Waals surface area (Å²) in [6.45, 7) is 0.682. The molecular weight excluding hydrogens is 266 g/mol. The quantitative estimate of drug-likeness (QED) is 0.722. The highest BCUT2D eigenvalue weighted by Crippen LogP contribution is 2.31. The number of carbonyl (C=O) groups is 1. The Kier molecular flexibility index (Phi) is 5.44. The number of anilines is 2. The summed E-state index contributed by atoms with van der Waals surface area (Å²) in [7, 11) is 1.60. The van der Waals surface area contributed by atoms with Crippen molar-refractivity contribution in [3.63, 3.8) is 0 Å². The van der Waals surface area contributed by atoms with Gasteiger partial charge in [0, 0.05) is 25.2 Å². The number of amides is 1. The Balaban J connectivity index is 2.25. The molecule has 0 atom stereocenters. The standard InChI is InChI=1S/C16H25N3O2/c1-18-16(21)12-7-8-15(14(17)11-12)19(9-10-20)13-5-3-2-4-6-13/h7-8,11,13,20H,2-6,9-10,17H2,1H3,(H,18,21). The molecule has 1 aliphatic carbocycles. The number of aliphatic hydroxyl groups is 1. The number of nitrogens with zero attached hydrogens (tertiary/aromatic N) is 1. The maximum Gasteiger partial charge on any atom is 0.251 e.